The standard InChI is InChI=1S/C53H68O2PS2/c1-3-5-7-9-11-13-15-17-19-28-36-54-43-38-42(39-44(40-43)55-37-29-20-18-16-14-12-10-8-6-4-2)41-56(45-30-22-21-23-31-45)50-46-32-24-26-34-48(46)57-52(50)53-51(56)47-33-25-27-35-49(47)58-53/h21-27,30-35,38-40H,3-20,28-29,36-37,41H2,1-2H3/q+1. The van der Waals surface area contributed by atoms with Gasteiger partial charge in [0.25, 0.3) is 0 Å². The van der Waals surface area contributed by atoms with E-state index in [4.69, 9.17) is 9.47 Å². The molecule has 0 aliphatic carbocycles. The summed E-state index contributed by atoms with van der Waals surface area (Å²) in [6.45, 7) is 6.11. The number of benzene rings is 4. The molecule has 2 aromatic heterocycles. The molecule has 1 aliphatic heterocycles. The zero-order chi connectivity index (χ0) is 39.8. The third-order valence-corrected chi connectivity index (χ3v) is 19.5. The monoisotopic (exact) mass is 831 g/mol. The van der Waals surface area contributed by atoms with Crippen LogP contribution in [0, 0.1) is 0 Å². The molecule has 4 aromatic carbocycles. The molecule has 0 N–H and O–H groups in total. The van der Waals surface area contributed by atoms with Gasteiger partial charge in [-0.3, -0.25) is 0 Å². The van der Waals surface area contributed by atoms with Crippen molar-refractivity contribution in [3.8, 4) is 21.3 Å². The Kier molecular flexibility index (Phi) is 16.6. The van der Waals surface area contributed by atoms with Crippen LogP contribution in [0.1, 0.15) is 148 Å². The highest BCUT2D eigenvalue weighted by Gasteiger charge is 2.57. The maximum absolute atomic E-state index is 6.66. The van der Waals surface area contributed by atoms with Crippen LogP contribution in [-0.4, -0.2) is 13.2 Å². The molecule has 58 heavy (non-hydrogen) atoms. The van der Waals surface area contributed by atoms with Crippen LogP contribution >= 0.6 is 29.9 Å². The molecule has 6 aromatic rings. The van der Waals surface area contributed by atoms with Crippen LogP contribution in [0.15, 0.2) is 97.1 Å². The Morgan fingerprint density at radius 2 is 0.828 bits per heavy atom. The summed E-state index contributed by atoms with van der Waals surface area (Å²) in [6.07, 6.45) is 27.5. The number of rotatable bonds is 27. The quantitative estimate of drug-likeness (QED) is 0.0380. The van der Waals surface area contributed by atoms with E-state index in [-0.39, 0.29) is 0 Å². The lowest BCUT2D eigenvalue weighted by atomic mass is 10.1. The average Bonchev–Trinajstić information content (AvgIpc) is 3.91. The third kappa shape index (κ3) is 10.6. The predicted octanol–water partition coefficient (Wildman–Crippen LogP) is 16.2. The molecule has 1 aliphatic rings. The average molecular weight is 832 g/mol. The highest BCUT2D eigenvalue weighted by Crippen LogP contribution is 2.69. The van der Waals surface area contributed by atoms with Crippen molar-refractivity contribution < 1.29 is 9.47 Å². The molecule has 0 fully saturated rings. The molecular weight excluding hydrogens is 764 g/mol. The Bertz CT molecular complexity index is 2010. The van der Waals surface area contributed by atoms with Crippen molar-refractivity contribution in [3.05, 3.63) is 103 Å². The molecule has 308 valence electrons. The number of hydrogen-bond donors (Lipinski definition) is 0. The topological polar surface area (TPSA) is 18.5 Å². The zero-order valence-electron chi connectivity index (χ0n) is 35.6. The minimum Gasteiger partial charge on any atom is -0.493 e. The Morgan fingerprint density at radius 3 is 1.28 bits per heavy atom. The van der Waals surface area contributed by atoms with E-state index < -0.39 is 7.26 Å². The SMILES string of the molecule is CCCCCCCCCCCCOc1cc(C[P+]2(c3ccccc3)c3c(sc4ccccc34)-c3sc4ccccc4c32)cc(OCCCCCCCCCCCC)c1. The van der Waals surface area contributed by atoms with Gasteiger partial charge in [-0.1, -0.05) is 172 Å². The lowest BCUT2D eigenvalue weighted by molar-refractivity contribution is 0.289. The summed E-state index contributed by atoms with van der Waals surface area (Å²) < 4.78 is 16.1. The van der Waals surface area contributed by atoms with Gasteiger partial charge < -0.3 is 9.47 Å². The molecular formula is C53H68O2PS2+. The number of ether oxygens (including phenoxy) is 2. The molecule has 7 rings (SSSR count). The van der Waals surface area contributed by atoms with Gasteiger partial charge in [0.1, 0.15) is 34.7 Å². The second-order valence-electron chi connectivity index (χ2n) is 16.7. The minimum atomic E-state index is -2.14. The first-order valence-electron chi connectivity index (χ1n) is 23.1. The lowest BCUT2D eigenvalue weighted by Gasteiger charge is -2.25. The summed E-state index contributed by atoms with van der Waals surface area (Å²) >= 11 is 3.99. The summed E-state index contributed by atoms with van der Waals surface area (Å²) in [5.74, 6) is 1.92. The van der Waals surface area contributed by atoms with Crippen LogP contribution in [-0.2, 0) is 6.16 Å². The Hall–Kier alpha value is -3.17. The molecule has 2 nitrogen and oxygen atoms in total. The molecule has 5 heteroatoms. The smallest absolute Gasteiger partial charge is 0.132 e. The molecule has 0 radical (unpaired) electrons. The normalized spacial score (nSPS) is 13.0. The number of hydrogen-bond acceptors (Lipinski definition) is 4. The Morgan fingerprint density at radius 1 is 0.431 bits per heavy atom. The largest absolute Gasteiger partial charge is 0.493 e. The van der Waals surface area contributed by atoms with Crippen LogP contribution in [0.4, 0.5) is 0 Å². The van der Waals surface area contributed by atoms with Gasteiger partial charge in [-0.15, -0.1) is 22.7 Å². The van der Waals surface area contributed by atoms with Gasteiger partial charge in [-0.2, -0.15) is 0 Å². The van der Waals surface area contributed by atoms with E-state index in [1.165, 1.54) is 156 Å². The summed E-state index contributed by atoms with van der Waals surface area (Å²) in [7, 11) is -2.14. The Balaban J connectivity index is 1.12. The Labute approximate surface area is 359 Å². The molecule has 0 bridgehead atoms. The summed E-state index contributed by atoms with van der Waals surface area (Å²) in [4.78, 5) is 2.97. The first-order chi connectivity index (χ1) is 28.7. The molecule has 0 amide bonds. The van der Waals surface area contributed by atoms with E-state index in [9.17, 15) is 0 Å². The lowest BCUT2D eigenvalue weighted by Crippen LogP contribution is -2.29. The molecule has 3 heterocycles. The second-order valence-corrected chi connectivity index (χ2v) is 22.2. The highest BCUT2D eigenvalue weighted by molar-refractivity contribution is 7.97. The van der Waals surface area contributed by atoms with Gasteiger partial charge >= 0.3 is 0 Å². The fraction of sp³-hybridized carbons (Fsp3) is 0.472. The molecule has 0 atom stereocenters. The number of fused-ring (bicyclic) bond motifs is 7. The number of unbranched alkanes of at least 4 members (excludes halogenated alkanes) is 18. The highest BCUT2D eigenvalue weighted by atomic mass is 32.1. The maximum atomic E-state index is 6.66. The summed E-state index contributed by atoms with van der Waals surface area (Å²) in [5, 5.41) is 7.48. The maximum Gasteiger partial charge on any atom is 0.132 e. The van der Waals surface area contributed by atoms with Crippen LogP contribution in [0.25, 0.3) is 29.9 Å². The first kappa shape index (κ1) is 42.9. The fourth-order valence-electron chi connectivity index (χ4n) is 9.15. The zero-order valence-corrected chi connectivity index (χ0v) is 38.1. The summed E-state index contributed by atoms with van der Waals surface area (Å²) in [5.41, 5.74) is 1.32. The van der Waals surface area contributed by atoms with Gasteiger partial charge in [0.05, 0.1) is 29.1 Å². The third-order valence-electron chi connectivity index (χ3n) is 12.2. The van der Waals surface area contributed by atoms with Gasteiger partial charge in [0.2, 0.25) is 0 Å². The fourth-order valence-corrected chi connectivity index (χ4v) is 17.8. The second kappa shape index (κ2) is 22.4. The van der Waals surface area contributed by atoms with Gasteiger partial charge in [0, 0.05) is 26.2 Å². The van der Waals surface area contributed by atoms with E-state index in [0.29, 0.717) is 0 Å². The minimum absolute atomic E-state index is 0.759. The molecule has 0 saturated carbocycles. The van der Waals surface area contributed by atoms with Crippen molar-refractivity contribution >= 4 is 66.0 Å². The van der Waals surface area contributed by atoms with Crippen LogP contribution in [0.3, 0.4) is 0 Å². The van der Waals surface area contributed by atoms with Crippen molar-refractivity contribution in [1.82, 2.24) is 0 Å². The van der Waals surface area contributed by atoms with Crippen LogP contribution in [0.2, 0.25) is 0 Å². The van der Waals surface area contributed by atoms with E-state index >= 15 is 0 Å². The van der Waals surface area contributed by atoms with Gasteiger partial charge in [-0.05, 0) is 66.9 Å². The molecule has 0 unspecified atom stereocenters. The molecule has 0 spiro atoms. The van der Waals surface area contributed by atoms with Crippen LogP contribution in [0.5, 0.6) is 11.5 Å². The van der Waals surface area contributed by atoms with E-state index in [1.54, 1.807) is 10.6 Å². The van der Waals surface area contributed by atoms with Crippen molar-refractivity contribution in [1.29, 1.82) is 0 Å². The van der Waals surface area contributed by atoms with E-state index in [2.05, 4.69) is 111 Å². The molecule has 0 saturated heterocycles. The number of thiophene rings is 2. The predicted molar refractivity (Wildman–Crippen MR) is 260 cm³/mol. The summed E-state index contributed by atoms with van der Waals surface area (Å²) in [6, 6.07) is 36.7. The van der Waals surface area contributed by atoms with E-state index in [0.717, 1.165) is 43.7 Å². The van der Waals surface area contributed by atoms with Gasteiger partial charge in [-0.25, -0.2) is 0 Å². The first-order valence-corrected chi connectivity index (χ1v) is 26.7. The van der Waals surface area contributed by atoms with Crippen molar-refractivity contribution in [3.63, 3.8) is 0 Å². The van der Waals surface area contributed by atoms with Crippen LogP contribution < -0.4 is 25.4 Å². The van der Waals surface area contributed by atoms with Crippen molar-refractivity contribution in [2.75, 3.05) is 13.2 Å². The van der Waals surface area contributed by atoms with Gasteiger partial charge in [0.15, 0.2) is 0 Å². The van der Waals surface area contributed by atoms with Crippen molar-refractivity contribution in [2.24, 2.45) is 0 Å². The van der Waals surface area contributed by atoms with Crippen molar-refractivity contribution in [2.45, 2.75) is 148 Å². The van der Waals surface area contributed by atoms with E-state index in [1.807, 2.05) is 22.7 Å².